The molecule has 8 nitrogen and oxygen atoms in total. The van der Waals surface area contributed by atoms with E-state index in [4.69, 9.17) is 18.9 Å². The monoisotopic (exact) mass is 454 g/mol. The summed E-state index contributed by atoms with van der Waals surface area (Å²) in [5, 5.41) is 14.2. The smallest absolute Gasteiger partial charge is 0.203 e. The van der Waals surface area contributed by atoms with E-state index in [9.17, 15) is 9.90 Å². The molecule has 2 N–H and O–H groups in total. The van der Waals surface area contributed by atoms with Gasteiger partial charge in [-0.2, -0.15) is 0 Å². The van der Waals surface area contributed by atoms with Gasteiger partial charge in [-0.15, -0.1) is 0 Å². The van der Waals surface area contributed by atoms with Crippen LogP contribution in [0.2, 0.25) is 0 Å². The highest BCUT2D eigenvalue weighted by molar-refractivity contribution is 6.18. The van der Waals surface area contributed by atoms with Crippen molar-refractivity contribution in [2.45, 2.75) is 13.8 Å². The number of aliphatic hydroxyl groups is 1. The Morgan fingerprint density at radius 1 is 1.03 bits per heavy atom. The summed E-state index contributed by atoms with van der Waals surface area (Å²) in [6, 6.07) is 6.94. The van der Waals surface area contributed by atoms with E-state index in [0.29, 0.717) is 47.3 Å². The third kappa shape index (κ3) is 4.96. The minimum Gasteiger partial charge on any atom is -0.493 e. The van der Waals surface area contributed by atoms with Gasteiger partial charge in [-0.25, -0.2) is 0 Å². The lowest BCUT2D eigenvalue weighted by molar-refractivity contribution is 0.103. The molecule has 0 fully saturated rings. The average molecular weight is 455 g/mol. The Bertz CT molecular complexity index is 1110. The minimum atomic E-state index is -0.230. The van der Waals surface area contributed by atoms with Gasteiger partial charge in [0, 0.05) is 42.1 Å². The molecule has 0 spiro atoms. The van der Waals surface area contributed by atoms with Crippen LogP contribution in [0, 0.1) is 5.92 Å². The van der Waals surface area contributed by atoms with Gasteiger partial charge in [0.1, 0.15) is 5.75 Å². The highest BCUT2D eigenvalue weighted by atomic mass is 16.5. The Morgan fingerprint density at radius 2 is 1.73 bits per heavy atom. The molecule has 33 heavy (non-hydrogen) atoms. The van der Waals surface area contributed by atoms with Crippen LogP contribution in [0.4, 0.5) is 5.69 Å². The van der Waals surface area contributed by atoms with Gasteiger partial charge in [-0.3, -0.25) is 9.78 Å². The Labute approximate surface area is 193 Å². The molecule has 0 saturated carbocycles. The Balaban J connectivity index is 2.13. The van der Waals surface area contributed by atoms with Gasteiger partial charge in [0.2, 0.25) is 5.75 Å². The maximum Gasteiger partial charge on any atom is 0.203 e. The highest BCUT2D eigenvalue weighted by Gasteiger charge is 2.21. The quantitative estimate of drug-likeness (QED) is 0.421. The molecule has 1 unspecified atom stereocenters. The molecule has 0 saturated heterocycles. The number of fused-ring (bicyclic) bond motifs is 1. The summed E-state index contributed by atoms with van der Waals surface area (Å²) in [7, 11) is 4.52. The fourth-order valence-corrected chi connectivity index (χ4v) is 3.57. The van der Waals surface area contributed by atoms with E-state index in [0.717, 1.165) is 16.5 Å². The predicted octanol–water partition coefficient (Wildman–Crippen LogP) is 3.93. The van der Waals surface area contributed by atoms with Crippen molar-refractivity contribution in [3.63, 3.8) is 0 Å². The molecule has 2 aromatic carbocycles. The summed E-state index contributed by atoms with van der Waals surface area (Å²) in [4.78, 5) is 17.9. The average Bonchev–Trinajstić information content (AvgIpc) is 2.85. The number of nitrogens with one attached hydrogen (secondary N) is 1. The zero-order chi connectivity index (χ0) is 24.0. The largest absolute Gasteiger partial charge is 0.493 e. The third-order valence-corrected chi connectivity index (χ3v) is 5.32. The highest BCUT2D eigenvalue weighted by Crippen LogP contribution is 2.40. The molecular weight excluding hydrogens is 424 g/mol. The summed E-state index contributed by atoms with van der Waals surface area (Å²) in [5.74, 6) is 1.69. The summed E-state index contributed by atoms with van der Waals surface area (Å²) < 4.78 is 22.0. The number of rotatable bonds is 11. The standard InChI is InChI=1S/C25H30N2O6/c1-6-33-20-8-7-17-18(23(20)27-11-15(2)14-28)12-26-13-19(17)24(29)16-9-21(30-3)25(32-5)22(10-16)31-4/h7-10,12-13,15,27-28H,6,11,14H2,1-5H3. The van der Waals surface area contributed by atoms with Crippen LogP contribution in [0.1, 0.15) is 29.8 Å². The lowest BCUT2D eigenvalue weighted by Crippen LogP contribution is -2.15. The number of hydrogen-bond donors (Lipinski definition) is 2. The maximum absolute atomic E-state index is 13.6. The van der Waals surface area contributed by atoms with Gasteiger partial charge in [-0.1, -0.05) is 6.92 Å². The van der Waals surface area contributed by atoms with Gasteiger partial charge in [0.15, 0.2) is 17.3 Å². The van der Waals surface area contributed by atoms with Crippen LogP contribution in [0.15, 0.2) is 36.7 Å². The number of aromatic nitrogens is 1. The van der Waals surface area contributed by atoms with Crippen LogP contribution < -0.4 is 24.3 Å². The first-order valence-electron chi connectivity index (χ1n) is 10.7. The maximum atomic E-state index is 13.6. The van der Waals surface area contributed by atoms with E-state index >= 15 is 0 Å². The molecule has 0 aliphatic rings. The molecule has 1 heterocycles. The Kier molecular flexibility index (Phi) is 7.95. The molecule has 3 rings (SSSR count). The number of carbonyl (C=O) groups is 1. The number of benzene rings is 2. The Hall–Kier alpha value is -3.52. The van der Waals surface area contributed by atoms with Crippen LogP contribution in [-0.2, 0) is 0 Å². The molecule has 1 aromatic heterocycles. The van der Waals surface area contributed by atoms with Crippen LogP contribution >= 0.6 is 0 Å². The van der Waals surface area contributed by atoms with Crippen molar-refractivity contribution >= 4 is 22.2 Å². The SMILES string of the molecule is CCOc1ccc2c(C(=O)c3cc(OC)c(OC)c(OC)c3)cncc2c1NCC(C)CO. The van der Waals surface area contributed by atoms with Crippen LogP contribution in [0.3, 0.4) is 0 Å². The molecular formula is C25H30N2O6. The van der Waals surface area contributed by atoms with Gasteiger partial charge in [0.05, 0.1) is 33.6 Å². The third-order valence-electron chi connectivity index (χ3n) is 5.32. The number of methoxy groups -OCH3 is 3. The zero-order valence-corrected chi connectivity index (χ0v) is 19.6. The van der Waals surface area contributed by atoms with Gasteiger partial charge in [-0.05, 0) is 42.5 Å². The number of nitrogens with zero attached hydrogens (tertiary/aromatic N) is 1. The van der Waals surface area contributed by atoms with Crippen molar-refractivity contribution in [3.05, 3.63) is 47.8 Å². The van der Waals surface area contributed by atoms with Crippen molar-refractivity contribution < 1.29 is 28.8 Å². The molecule has 8 heteroatoms. The normalized spacial score (nSPS) is 11.7. The Morgan fingerprint density at radius 3 is 2.30 bits per heavy atom. The van der Waals surface area contributed by atoms with E-state index < -0.39 is 0 Å². The molecule has 0 aliphatic carbocycles. The summed E-state index contributed by atoms with van der Waals surface area (Å²) >= 11 is 0. The first-order chi connectivity index (χ1) is 16.0. The lowest BCUT2D eigenvalue weighted by Gasteiger charge is -2.18. The van der Waals surface area contributed by atoms with E-state index in [-0.39, 0.29) is 18.3 Å². The molecule has 176 valence electrons. The second-order valence-electron chi connectivity index (χ2n) is 7.57. The van der Waals surface area contributed by atoms with Crippen molar-refractivity contribution in [1.29, 1.82) is 0 Å². The molecule has 1 atom stereocenters. The summed E-state index contributed by atoms with van der Waals surface area (Å²) in [5.41, 5.74) is 1.56. The molecule has 3 aromatic rings. The fourth-order valence-electron chi connectivity index (χ4n) is 3.57. The summed E-state index contributed by atoms with van der Waals surface area (Å²) in [6.45, 7) is 4.95. The molecule has 0 amide bonds. The van der Waals surface area contributed by atoms with Crippen molar-refractivity contribution in [1.82, 2.24) is 4.98 Å². The van der Waals surface area contributed by atoms with E-state index in [2.05, 4.69) is 10.3 Å². The second-order valence-corrected chi connectivity index (χ2v) is 7.57. The number of carbonyl (C=O) groups excluding carboxylic acids is 1. The first kappa shape index (κ1) is 24.1. The van der Waals surface area contributed by atoms with Crippen LogP contribution in [0.5, 0.6) is 23.0 Å². The zero-order valence-electron chi connectivity index (χ0n) is 19.6. The molecule has 0 bridgehead atoms. The lowest BCUT2D eigenvalue weighted by atomic mass is 9.97. The van der Waals surface area contributed by atoms with Crippen molar-refractivity contribution in [2.75, 3.05) is 46.4 Å². The van der Waals surface area contributed by atoms with E-state index in [1.165, 1.54) is 21.3 Å². The predicted molar refractivity (Wildman–Crippen MR) is 127 cm³/mol. The molecule has 0 radical (unpaired) electrons. The van der Waals surface area contributed by atoms with Crippen LogP contribution in [0.25, 0.3) is 10.8 Å². The second kappa shape index (κ2) is 10.9. The van der Waals surface area contributed by atoms with Gasteiger partial charge in [0.25, 0.3) is 0 Å². The minimum absolute atomic E-state index is 0.0479. The van der Waals surface area contributed by atoms with Gasteiger partial charge < -0.3 is 29.4 Å². The topological polar surface area (TPSA) is 99.1 Å². The van der Waals surface area contributed by atoms with E-state index in [1.54, 1.807) is 24.5 Å². The van der Waals surface area contributed by atoms with Gasteiger partial charge >= 0.3 is 0 Å². The van der Waals surface area contributed by atoms with Crippen molar-refractivity contribution in [2.24, 2.45) is 5.92 Å². The first-order valence-corrected chi connectivity index (χ1v) is 10.7. The number of pyridine rings is 1. The number of aliphatic hydroxyl groups excluding tert-OH is 1. The van der Waals surface area contributed by atoms with E-state index in [1.807, 2.05) is 26.0 Å². The number of ether oxygens (including phenoxy) is 4. The number of hydrogen-bond acceptors (Lipinski definition) is 8. The number of ketones is 1. The van der Waals surface area contributed by atoms with Crippen LogP contribution in [-0.4, -0.2) is 57.0 Å². The molecule has 0 aliphatic heterocycles. The fraction of sp³-hybridized carbons (Fsp3) is 0.360. The van der Waals surface area contributed by atoms with Crippen molar-refractivity contribution in [3.8, 4) is 23.0 Å². The summed E-state index contributed by atoms with van der Waals surface area (Å²) in [6.07, 6.45) is 3.25. The number of anilines is 1.